The average Bonchev–Trinajstić information content (AvgIpc) is 3.38. The summed E-state index contributed by atoms with van der Waals surface area (Å²) in [7, 11) is 0. The second-order valence-corrected chi connectivity index (χ2v) is 7.55. The SMILES string of the molecule is O=[N+]([O-])c1cc2c(c3cn[nH]c13)NC=C(c1ccsc1)N=C2c1ccccc1Cl. The highest BCUT2D eigenvalue weighted by atomic mass is 35.5. The van der Waals surface area contributed by atoms with Gasteiger partial charge in [0.25, 0.3) is 5.69 Å². The third kappa shape index (κ3) is 2.89. The lowest BCUT2D eigenvalue weighted by molar-refractivity contribution is -0.383. The molecule has 0 unspecified atom stereocenters. The zero-order chi connectivity index (χ0) is 20.0. The first-order valence-corrected chi connectivity index (χ1v) is 9.93. The molecule has 0 saturated carbocycles. The molecule has 29 heavy (non-hydrogen) atoms. The Hall–Kier alpha value is -3.49. The van der Waals surface area contributed by atoms with Gasteiger partial charge in [0.2, 0.25) is 0 Å². The number of benzene rings is 2. The zero-order valence-electron chi connectivity index (χ0n) is 14.7. The quantitative estimate of drug-likeness (QED) is 0.339. The summed E-state index contributed by atoms with van der Waals surface area (Å²) in [6.45, 7) is 0. The van der Waals surface area contributed by atoms with Crippen molar-refractivity contribution in [1.29, 1.82) is 0 Å². The Morgan fingerprint density at radius 3 is 2.79 bits per heavy atom. The topological polar surface area (TPSA) is 96.2 Å². The highest BCUT2D eigenvalue weighted by molar-refractivity contribution is 7.08. The number of nitrogens with zero attached hydrogens (tertiary/aromatic N) is 3. The van der Waals surface area contributed by atoms with Gasteiger partial charge in [-0.05, 0) is 17.5 Å². The van der Waals surface area contributed by atoms with E-state index in [1.165, 1.54) is 6.07 Å². The minimum Gasteiger partial charge on any atom is -0.359 e. The summed E-state index contributed by atoms with van der Waals surface area (Å²) in [6, 6.07) is 10.8. The smallest absolute Gasteiger partial charge is 0.295 e. The lowest BCUT2D eigenvalue weighted by Gasteiger charge is -2.12. The maximum absolute atomic E-state index is 11.7. The van der Waals surface area contributed by atoms with Gasteiger partial charge in [0.1, 0.15) is 5.52 Å². The van der Waals surface area contributed by atoms with Crippen LogP contribution in [0.4, 0.5) is 11.4 Å². The number of halogens is 1. The van der Waals surface area contributed by atoms with Crippen molar-refractivity contribution in [3.8, 4) is 0 Å². The Morgan fingerprint density at radius 1 is 1.17 bits per heavy atom. The minimum atomic E-state index is -0.427. The number of nitrogens with one attached hydrogen (secondary N) is 2. The molecule has 1 aliphatic heterocycles. The molecular formula is C20H12ClN5O2S. The number of non-ortho nitro benzene ring substituents is 1. The normalized spacial score (nSPS) is 13.3. The van der Waals surface area contributed by atoms with Gasteiger partial charge < -0.3 is 5.32 Å². The number of anilines is 1. The molecule has 9 heteroatoms. The monoisotopic (exact) mass is 421 g/mol. The first-order valence-electron chi connectivity index (χ1n) is 8.61. The van der Waals surface area contributed by atoms with Gasteiger partial charge in [0.05, 0.1) is 33.6 Å². The molecule has 0 amide bonds. The molecule has 0 saturated heterocycles. The molecule has 5 rings (SSSR count). The van der Waals surface area contributed by atoms with Crippen LogP contribution in [0.2, 0.25) is 5.02 Å². The van der Waals surface area contributed by atoms with Crippen LogP contribution in [0, 0.1) is 10.1 Å². The van der Waals surface area contributed by atoms with Crippen molar-refractivity contribution in [2.75, 3.05) is 5.32 Å². The molecular weight excluding hydrogens is 410 g/mol. The van der Waals surface area contributed by atoms with Crippen LogP contribution in [-0.2, 0) is 0 Å². The number of aromatic amines is 1. The van der Waals surface area contributed by atoms with E-state index < -0.39 is 4.92 Å². The Morgan fingerprint density at radius 2 is 2.03 bits per heavy atom. The summed E-state index contributed by atoms with van der Waals surface area (Å²) in [5.74, 6) is 0. The van der Waals surface area contributed by atoms with Crippen molar-refractivity contribution in [1.82, 2.24) is 10.2 Å². The fourth-order valence-corrected chi connectivity index (χ4v) is 4.23. The predicted octanol–water partition coefficient (Wildman–Crippen LogP) is 5.45. The number of aromatic nitrogens is 2. The van der Waals surface area contributed by atoms with E-state index in [0.29, 0.717) is 44.1 Å². The maximum atomic E-state index is 11.7. The van der Waals surface area contributed by atoms with E-state index in [1.54, 1.807) is 29.8 Å². The van der Waals surface area contributed by atoms with Gasteiger partial charge in [-0.15, -0.1) is 0 Å². The van der Waals surface area contributed by atoms with Crippen LogP contribution < -0.4 is 5.32 Å². The maximum Gasteiger partial charge on any atom is 0.295 e. The van der Waals surface area contributed by atoms with Crippen LogP contribution in [-0.4, -0.2) is 20.8 Å². The van der Waals surface area contributed by atoms with Crippen molar-refractivity contribution in [3.63, 3.8) is 0 Å². The van der Waals surface area contributed by atoms with Gasteiger partial charge in [0.15, 0.2) is 0 Å². The van der Waals surface area contributed by atoms with Crippen molar-refractivity contribution in [2.24, 2.45) is 4.99 Å². The van der Waals surface area contributed by atoms with E-state index in [2.05, 4.69) is 15.5 Å². The first kappa shape index (κ1) is 17.6. The summed E-state index contributed by atoms with van der Waals surface area (Å²) >= 11 is 8.04. The number of H-pyrrole nitrogens is 1. The molecule has 4 aromatic rings. The molecule has 2 aromatic heterocycles. The van der Waals surface area contributed by atoms with E-state index in [0.717, 1.165) is 5.56 Å². The van der Waals surface area contributed by atoms with Gasteiger partial charge in [-0.2, -0.15) is 16.4 Å². The lowest BCUT2D eigenvalue weighted by Crippen LogP contribution is -2.07. The third-order valence-electron chi connectivity index (χ3n) is 4.70. The highest BCUT2D eigenvalue weighted by Gasteiger charge is 2.26. The first-order chi connectivity index (χ1) is 14.1. The van der Waals surface area contributed by atoms with Crippen LogP contribution >= 0.6 is 22.9 Å². The van der Waals surface area contributed by atoms with Gasteiger partial charge in [0, 0.05) is 39.4 Å². The second kappa shape index (κ2) is 6.84. The predicted molar refractivity (Wildman–Crippen MR) is 116 cm³/mol. The molecule has 7 nitrogen and oxygen atoms in total. The molecule has 0 spiro atoms. The second-order valence-electron chi connectivity index (χ2n) is 6.36. The zero-order valence-corrected chi connectivity index (χ0v) is 16.3. The van der Waals surface area contributed by atoms with Crippen LogP contribution in [0.3, 0.4) is 0 Å². The van der Waals surface area contributed by atoms with Crippen LogP contribution in [0.15, 0.2) is 64.5 Å². The van der Waals surface area contributed by atoms with Crippen LogP contribution in [0.25, 0.3) is 16.6 Å². The summed E-state index contributed by atoms with van der Waals surface area (Å²) in [4.78, 5) is 16.1. The Kier molecular flexibility index (Phi) is 4.15. The van der Waals surface area contributed by atoms with Crippen molar-refractivity contribution < 1.29 is 4.92 Å². The van der Waals surface area contributed by atoms with E-state index in [1.807, 2.05) is 35.0 Å². The number of nitro benzene ring substituents is 1. The number of rotatable bonds is 3. The largest absolute Gasteiger partial charge is 0.359 e. The molecule has 0 atom stereocenters. The molecule has 0 bridgehead atoms. The number of aliphatic imine (C=N–C) groups is 1. The fourth-order valence-electron chi connectivity index (χ4n) is 3.35. The van der Waals surface area contributed by atoms with Gasteiger partial charge in [-0.3, -0.25) is 15.2 Å². The molecule has 3 heterocycles. The Labute approximate surface area is 173 Å². The summed E-state index contributed by atoms with van der Waals surface area (Å²) in [5, 5.41) is 26.8. The molecule has 0 aliphatic carbocycles. The fraction of sp³-hybridized carbons (Fsp3) is 0. The number of nitro groups is 1. The Balaban J connectivity index is 1.85. The van der Waals surface area contributed by atoms with Gasteiger partial charge in [-0.1, -0.05) is 29.8 Å². The molecule has 1 aliphatic rings. The van der Waals surface area contributed by atoms with Crippen LogP contribution in [0.1, 0.15) is 16.7 Å². The number of hydrogen-bond acceptors (Lipinski definition) is 6. The number of fused-ring (bicyclic) bond motifs is 3. The summed E-state index contributed by atoms with van der Waals surface area (Å²) in [6.07, 6.45) is 3.37. The standard InChI is InChI=1S/C20H12ClN5O2S/c21-15-4-2-1-3-12(15)19-13-7-17(26(27)28)20-14(8-23-25-20)18(13)22-9-16(24-19)11-5-6-29-10-11/h1-10,22H,(H,23,25). The Bertz CT molecular complexity index is 1320. The van der Waals surface area contributed by atoms with Crippen molar-refractivity contribution in [3.05, 3.63) is 91.4 Å². The van der Waals surface area contributed by atoms with Crippen molar-refractivity contribution in [2.45, 2.75) is 0 Å². The average molecular weight is 422 g/mol. The molecule has 142 valence electrons. The molecule has 2 N–H and O–H groups in total. The minimum absolute atomic E-state index is 0.0724. The lowest BCUT2D eigenvalue weighted by atomic mass is 9.97. The van der Waals surface area contributed by atoms with E-state index in [4.69, 9.17) is 16.6 Å². The van der Waals surface area contributed by atoms with Gasteiger partial charge >= 0.3 is 0 Å². The van der Waals surface area contributed by atoms with E-state index in [-0.39, 0.29) is 5.69 Å². The highest BCUT2D eigenvalue weighted by Crippen LogP contribution is 2.38. The van der Waals surface area contributed by atoms with E-state index in [9.17, 15) is 10.1 Å². The summed E-state index contributed by atoms with van der Waals surface area (Å²) < 4.78 is 0. The van der Waals surface area contributed by atoms with Crippen molar-refractivity contribution >= 4 is 56.6 Å². The van der Waals surface area contributed by atoms with Gasteiger partial charge in [-0.25, -0.2) is 4.99 Å². The van der Waals surface area contributed by atoms with Crippen LogP contribution in [0.5, 0.6) is 0 Å². The molecule has 0 fully saturated rings. The van der Waals surface area contributed by atoms with E-state index >= 15 is 0 Å². The third-order valence-corrected chi connectivity index (χ3v) is 5.71. The molecule has 2 aromatic carbocycles. The number of thiophene rings is 1. The molecule has 0 radical (unpaired) electrons. The number of hydrogen-bond donors (Lipinski definition) is 2. The summed E-state index contributed by atoms with van der Waals surface area (Å²) in [5.41, 5.74) is 4.44.